The highest BCUT2D eigenvalue weighted by Crippen LogP contribution is 2.31. The summed E-state index contributed by atoms with van der Waals surface area (Å²) < 4.78 is 27.6. The van der Waals surface area contributed by atoms with Crippen molar-refractivity contribution in [2.75, 3.05) is 6.54 Å². The van der Waals surface area contributed by atoms with E-state index in [1.165, 1.54) is 12.1 Å². The molecule has 4 heteroatoms. The van der Waals surface area contributed by atoms with Crippen molar-refractivity contribution >= 4 is 15.9 Å². The highest BCUT2D eigenvalue weighted by Gasteiger charge is 2.25. The van der Waals surface area contributed by atoms with Crippen molar-refractivity contribution < 1.29 is 8.78 Å². The van der Waals surface area contributed by atoms with Crippen LogP contribution in [-0.4, -0.2) is 12.6 Å². The number of hydrogen-bond donors (Lipinski definition) is 1. The molecule has 0 aliphatic carbocycles. The Morgan fingerprint density at radius 2 is 1.83 bits per heavy atom. The molecule has 0 heterocycles. The van der Waals surface area contributed by atoms with Gasteiger partial charge < -0.3 is 5.32 Å². The summed E-state index contributed by atoms with van der Waals surface area (Å²) in [6.45, 7) is 8.77. The van der Waals surface area contributed by atoms with Gasteiger partial charge in [-0.25, -0.2) is 8.78 Å². The van der Waals surface area contributed by atoms with E-state index in [1.54, 1.807) is 0 Å². The normalized spacial score (nSPS) is 12.2. The van der Waals surface area contributed by atoms with Crippen LogP contribution in [0.1, 0.15) is 39.7 Å². The first-order valence-electron chi connectivity index (χ1n) is 6.12. The first kappa shape index (κ1) is 15.6. The summed E-state index contributed by atoms with van der Waals surface area (Å²) in [5, 5.41) is 3.29. The van der Waals surface area contributed by atoms with E-state index in [2.05, 4.69) is 35.1 Å². The fourth-order valence-electron chi connectivity index (χ4n) is 1.85. The predicted octanol–water partition coefficient (Wildman–Crippen LogP) is 4.39. The molecule has 0 aromatic heterocycles. The summed E-state index contributed by atoms with van der Waals surface area (Å²) in [5.41, 5.74) is 0.0295. The Morgan fingerprint density at radius 1 is 1.22 bits per heavy atom. The quantitative estimate of drug-likeness (QED) is 0.793. The molecule has 18 heavy (non-hydrogen) atoms. The van der Waals surface area contributed by atoms with Gasteiger partial charge in [0, 0.05) is 6.04 Å². The van der Waals surface area contributed by atoms with Crippen LogP contribution in [0.5, 0.6) is 0 Å². The Balaban J connectivity index is 2.87. The van der Waals surface area contributed by atoms with Crippen molar-refractivity contribution in [2.45, 2.75) is 45.6 Å². The number of nitrogens with one attached hydrogen (secondary N) is 1. The summed E-state index contributed by atoms with van der Waals surface area (Å²) in [6, 6.07) is 2.88. The van der Waals surface area contributed by atoms with Crippen LogP contribution >= 0.6 is 15.9 Å². The zero-order valence-electron chi connectivity index (χ0n) is 11.3. The van der Waals surface area contributed by atoms with Crippen LogP contribution in [0.4, 0.5) is 8.78 Å². The second-order valence-corrected chi connectivity index (χ2v) is 6.34. The van der Waals surface area contributed by atoms with Gasteiger partial charge in [0.15, 0.2) is 0 Å². The Hall–Kier alpha value is -0.480. The highest BCUT2D eigenvalue weighted by atomic mass is 79.9. The van der Waals surface area contributed by atoms with E-state index < -0.39 is 11.2 Å². The van der Waals surface area contributed by atoms with Crippen molar-refractivity contribution in [3.05, 3.63) is 33.8 Å². The largest absolute Gasteiger partial charge is 0.315 e. The minimum atomic E-state index is -0.420. The van der Waals surface area contributed by atoms with Gasteiger partial charge in [-0.2, -0.15) is 0 Å². The smallest absolute Gasteiger partial charge is 0.137 e. The maximum atomic E-state index is 13.9. The van der Waals surface area contributed by atoms with E-state index >= 15 is 0 Å². The maximum Gasteiger partial charge on any atom is 0.137 e. The first-order chi connectivity index (χ1) is 8.24. The summed E-state index contributed by atoms with van der Waals surface area (Å²) in [5.74, 6) is -0.783. The molecular formula is C14H20BrF2N. The summed E-state index contributed by atoms with van der Waals surface area (Å²) in [6.07, 6.45) is 0.753. The predicted molar refractivity (Wildman–Crippen MR) is 74.8 cm³/mol. The van der Waals surface area contributed by atoms with Gasteiger partial charge in [-0.05, 0) is 52.0 Å². The van der Waals surface area contributed by atoms with Gasteiger partial charge in [0.25, 0.3) is 0 Å². The van der Waals surface area contributed by atoms with E-state index in [0.717, 1.165) is 13.0 Å². The SMILES string of the molecule is CC(C)NCCC(C)(C)c1cc(F)c(Br)cc1F. The lowest BCUT2D eigenvalue weighted by atomic mass is 9.81. The molecule has 0 fully saturated rings. The molecule has 0 aliphatic heterocycles. The van der Waals surface area contributed by atoms with Gasteiger partial charge >= 0.3 is 0 Å². The van der Waals surface area contributed by atoms with E-state index in [4.69, 9.17) is 0 Å². The Labute approximate surface area is 116 Å². The Morgan fingerprint density at radius 3 is 2.39 bits per heavy atom. The van der Waals surface area contributed by atoms with Crippen molar-refractivity contribution in [1.29, 1.82) is 0 Å². The molecule has 0 saturated heterocycles. The number of rotatable bonds is 5. The van der Waals surface area contributed by atoms with Crippen molar-refractivity contribution in [3.63, 3.8) is 0 Å². The van der Waals surface area contributed by atoms with Gasteiger partial charge in [-0.1, -0.05) is 27.7 Å². The fraction of sp³-hybridized carbons (Fsp3) is 0.571. The highest BCUT2D eigenvalue weighted by molar-refractivity contribution is 9.10. The zero-order chi connectivity index (χ0) is 13.9. The van der Waals surface area contributed by atoms with Crippen LogP contribution in [0, 0.1) is 11.6 Å². The minimum absolute atomic E-state index is 0.167. The lowest BCUT2D eigenvalue weighted by molar-refractivity contribution is 0.419. The van der Waals surface area contributed by atoms with Crippen LogP contribution in [0.15, 0.2) is 16.6 Å². The summed E-state index contributed by atoms with van der Waals surface area (Å²) >= 11 is 2.99. The van der Waals surface area contributed by atoms with Crippen molar-refractivity contribution in [3.8, 4) is 0 Å². The number of hydrogen-bond acceptors (Lipinski definition) is 1. The number of benzene rings is 1. The third-order valence-electron chi connectivity index (χ3n) is 3.04. The number of halogens is 3. The summed E-state index contributed by atoms with van der Waals surface area (Å²) in [4.78, 5) is 0. The van der Waals surface area contributed by atoms with Crippen molar-refractivity contribution in [2.24, 2.45) is 0 Å². The lowest BCUT2D eigenvalue weighted by Gasteiger charge is -2.26. The average Bonchev–Trinajstić information content (AvgIpc) is 2.22. The van der Waals surface area contributed by atoms with Gasteiger partial charge in [-0.3, -0.25) is 0 Å². The van der Waals surface area contributed by atoms with Gasteiger partial charge in [-0.15, -0.1) is 0 Å². The fourth-order valence-corrected chi connectivity index (χ4v) is 2.16. The molecule has 0 saturated carbocycles. The van der Waals surface area contributed by atoms with Crippen LogP contribution in [0.2, 0.25) is 0 Å². The monoisotopic (exact) mass is 319 g/mol. The van der Waals surface area contributed by atoms with E-state index in [1.807, 2.05) is 13.8 Å². The molecule has 0 unspecified atom stereocenters. The molecule has 102 valence electrons. The van der Waals surface area contributed by atoms with E-state index in [9.17, 15) is 8.78 Å². The molecule has 1 N–H and O–H groups in total. The van der Waals surface area contributed by atoms with Gasteiger partial charge in [0.2, 0.25) is 0 Å². The third kappa shape index (κ3) is 4.02. The zero-order valence-corrected chi connectivity index (χ0v) is 12.9. The average molecular weight is 320 g/mol. The Kier molecular flexibility index (Phi) is 5.29. The molecule has 1 aromatic carbocycles. The molecular weight excluding hydrogens is 300 g/mol. The van der Waals surface area contributed by atoms with Gasteiger partial charge in [0.05, 0.1) is 4.47 Å². The van der Waals surface area contributed by atoms with Crippen LogP contribution in [0.3, 0.4) is 0 Å². The molecule has 0 radical (unpaired) electrons. The second-order valence-electron chi connectivity index (χ2n) is 5.49. The maximum absolute atomic E-state index is 13.9. The van der Waals surface area contributed by atoms with Crippen molar-refractivity contribution in [1.82, 2.24) is 5.32 Å². The molecule has 0 spiro atoms. The molecule has 0 amide bonds. The molecule has 1 nitrogen and oxygen atoms in total. The second kappa shape index (κ2) is 6.11. The van der Waals surface area contributed by atoms with Crippen LogP contribution in [-0.2, 0) is 5.41 Å². The molecule has 0 aliphatic rings. The van der Waals surface area contributed by atoms with Crippen LogP contribution in [0.25, 0.3) is 0 Å². The molecule has 0 bridgehead atoms. The first-order valence-corrected chi connectivity index (χ1v) is 6.92. The lowest BCUT2D eigenvalue weighted by Crippen LogP contribution is -2.30. The minimum Gasteiger partial charge on any atom is -0.315 e. The third-order valence-corrected chi connectivity index (χ3v) is 3.65. The molecule has 1 rings (SSSR count). The Bertz CT molecular complexity index is 417. The molecule has 1 aromatic rings. The summed E-state index contributed by atoms with van der Waals surface area (Å²) in [7, 11) is 0. The molecule has 0 atom stereocenters. The van der Waals surface area contributed by atoms with E-state index in [-0.39, 0.29) is 10.3 Å². The topological polar surface area (TPSA) is 12.0 Å². The van der Waals surface area contributed by atoms with E-state index in [0.29, 0.717) is 11.6 Å². The van der Waals surface area contributed by atoms with Crippen LogP contribution < -0.4 is 5.32 Å². The standard InChI is InChI=1S/C14H20BrF2N/c1-9(2)18-6-5-14(3,4)10-7-13(17)11(15)8-12(10)16/h7-9,18H,5-6H2,1-4H3. The van der Waals surface area contributed by atoms with Gasteiger partial charge in [0.1, 0.15) is 11.6 Å².